The second kappa shape index (κ2) is 6.44. The number of carbonyl (C=O) groups is 1. The molecule has 0 spiro atoms. The third kappa shape index (κ3) is 2.78. The van der Waals surface area contributed by atoms with Gasteiger partial charge in [-0.1, -0.05) is 60.7 Å². The van der Waals surface area contributed by atoms with Gasteiger partial charge in [-0.15, -0.1) is 0 Å². The van der Waals surface area contributed by atoms with Crippen LogP contribution in [0.4, 0.5) is 0 Å². The molecule has 0 aliphatic carbocycles. The Kier molecular flexibility index (Phi) is 3.98. The monoisotopic (exact) mass is 329 g/mol. The summed E-state index contributed by atoms with van der Waals surface area (Å²) in [6, 6.07) is 25.8. The maximum atomic E-state index is 13.0. The van der Waals surface area contributed by atoms with E-state index < -0.39 is 0 Å². The SMILES string of the molecule is COc1cccc(C2c3ccccc3C(=O)N2Cc2ccccc2)c1. The van der Waals surface area contributed by atoms with Gasteiger partial charge < -0.3 is 9.64 Å². The first-order valence-electron chi connectivity index (χ1n) is 8.35. The molecule has 124 valence electrons. The van der Waals surface area contributed by atoms with Crippen LogP contribution in [0.15, 0.2) is 78.9 Å². The van der Waals surface area contributed by atoms with Crippen molar-refractivity contribution in [2.75, 3.05) is 7.11 Å². The van der Waals surface area contributed by atoms with Crippen LogP contribution in [0.2, 0.25) is 0 Å². The Morgan fingerprint density at radius 3 is 2.48 bits per heavy atom. The second-order valence-corrected chi connectivity index (χ2v) is 6.19. The van der Waals surface area contributed by atoms with Gasteiger partial charge in [0.05, 0.1) is 13.2 Å². The van der Waals surface area contributed by atoms with Gasteiger partial charge in [0.1, 0.15) is 5.75 Å². The number of amides is 1. The summed E-state index contributed by atoms with van der Waals surface area (Å²) in [6.07, 6.45) is 0. The number of carbonyl (C=O) groups excluding carboxylic acids is 1. The molecule has 0 N–H and O–H groups in total. The number of benzene rings is 3. The molecule has 3 heteroatoms. The molecule has 0 saturated heterocycles. The van der Waals surface area contributed by atoms with E-state index in [4.69, 9.17) is 4.74 Å². The van der Waals surface area contributed by atoms with Crippen molar-refractivity contribution >= 4 is 5.91 Å². The lowest BCUT2D eigenvalue weighted by atomic mass is 9.97. The van der Waals surface area contributed by atoms with Crippen molar-refractivity contribution in [1.82, 2.24) is 4.90 Å². The van der Waals surface area contributed by atoms with Gasteiger partial charge in [0, 0.05) is 12.1 Å². The minimum Gasteiger partial charge on any atom is -0.497 e. The van der Waals surface area contributed by atoms with Crippen LogP contribution in [0, 0.1) is 0 Å². The molecule has 3 aromatic rings. The summed E-state index contributed by atoms with van der Waals surface area (Å²) in [5.41, 5.74) is 4.02. The van der Waals surface area contributed by atoms with E-state index >= 15 is 0 Å². The molecular formula is C22H19NO2. The molecule has 1 aliphatic heterocycles. The highest BCUT2D eigenvalue weighted by atomic mass is 16.5. The standard InChI is InChI=1S/C22H19NO2/c1-25-18-11-7-10-17(14-18)21-19-12-5-6-13-20(19)22(24)23(21)15-16-8-3-2-4-9-16/h2-14,21H,15H2,1H3. The van der Waals surface area contributed by atoms with Crippen LogP contribution in [0.5, 0.6) is 5.75 Å². The molecule has 0 fully saturated rings. The summed E-state index contributed by atoms with van der Waals surface area (Å²) in [4.78, 5) is 15.0. The van der Waals surface area contributed by atoms with Crippen molar-refractivity contribution < 1.29 is 9.53 Å². The fourth-order valence-electron chi connectivity index (χ4n) is 3.48. The zero-order valence-corrected chi connectivity index (χ0v) is 14.1. The Morgan fingerprint density at radius 2 is 1.68 bits per heavy atom. The Labute approximate surface area is 147 Å². The lowest BCUT2D eigenvalue weighted by Gasteiger charge is -2.26. The summed E-state index contributed by atoms with van der Waals surface area (Å²) in [6.45, 7) is 0.580. The Bertz CT molecular complexity index is 905. The van der Waals surface area contributed by atoms with Crippen LogP contribution in [0.1, 0.15) is 33.1 Å². The van der Waals surface area contributed by atoms with Crippen LogP contribution in [-0.4, -0.2) is 17.9 Å². The molecule has 1 unspecified atom stereocenters. The molecule has 0 radical (unpaired) electrons. The Morgan fingerprint density at radius 1 is 0.920 bits per heavy atom. The Balaban J connectivity index is 1.80. The van der Waals surface area contributed by atoms with Gasteiger partial charge in [-0.3, -0.25) is 4.79 Å². The average Bonchev–Trinajstić information content (AvgIpc) is 2.95. The number of hydrogen-bond donors (Lipinski definition) is 0. The summed E-state index contributed by atoms with van der Waals surface area (Å²) >= 11 is 0. The van der Waals surface area contributed by atoms with Gasteiger partial charge in [0.25, 0.3) is 5.91 Å². The van der Waals surface area contributed by atoms with Crippen LogP contribution in [0.3, 0.4) is 0 Å². The van der Waals surface area contributed by atoms with E-state index in [1.165, 1.54) is 0 Å². The highest BCUT2D eigenvalue weighted by molar-refractivity contribution is 5.99. The fraction of sp³-hybridized carbons (Fsp3) is 0.136. The molecule has 25 heavy (non-hydrogen) atoms. The minimum atomic E-state index is -0.0981. The smallest absolute Gasteiger partial charge is 0.255 e. The van der Waals surface area contributed by atoms with E-state index in [0.717, 1.165) is 28.0 Å². The van der Waals surface area contributed by atoms with Gasteiger partial charge >= 0.3 is 0 Å². The summed E-state index contributed by atoms with van der Waals surface area (Å²) in [7, 11) is 1.66. The van der Waals surface area contributed by atoms with Crippen molar-refractivity contribution in [1.29, 1.82) is 0 Å². The predicted octanol–water partition coefficient (Wildman–Crippen LogP) is 4.44. The van der Waals surface area contributed by atoms with Crippen LogP contribution < -0.4 is 4.74 Å². The number of rotatable bonds is 4. The van der Waals surface area contributed by atoms with Gasteiger partial charge in [-0.25, -0.2) is 0 Å². The first-order chi connectivity index (χ1) is 12.3. The third-order valence-electron chi connectivity index (χ3n) is 4.66. The van der Waals surface area contributed by atoms with E-state index in [2.05, 4.69) is 18.2 Å². The molecule has 0 bridgehead atoms. The molecular weight excluding hydrogens is 310 g/mol. The number of fused-ring (bicyclic) bond motifs is 1. The van der Waals surface area contributed by atoms with Crippen molar-refractivity contribution in [2.24, 2.45) is 0 Å². The highest BCUT2D eigenvalue weighted by Gasteiger charge is 2.37. The first-order valence-corrected chi connectivity index (χ1v) is 8.35. The third-order valence-corrected chi connectivity index (χ3v) is 4.66. The normalized spacial score (nSPS) is 16.0. The van der Waals surface area contributed by atoms with Crippen molar-refractivity contribution in [2.45, 2.75) is 12.6 Å². The Hall–Kier alpha value is -3.07. The van der Waals surface area contributed by atoms with E-state index in [1.807, 2.05) is 65.6 Å². The summed E-state index contributed by atoms with van der Waals surface area (Å²) in [5.74, 6) is 0.876. The molecule has 1 aliphatic rings. The zero-order chi connectivity index (χ0) is 17.2. The molecule has 3 aromatic carbocycles. The van der Waals surface area contributed by atoms with Gasteiger partial charge in [-0.05, 0) is 34.9 Å². The van der Waals surface area contributed by atoms with Gasteiger partial charge in [0.15, 0.2) is 0 Å². The molecule has 0 saturated carbocycles. The lowest BCUT2D eigenvalue weighted by Crippen LogP contribution is -2.28. The molecule has 0 aromatic heterocycles. The van der Waals surface area contributed by atoms with E-state index in [9.17, 15) is 4.79 Å². The van der Waals surface area contributed by atoms with Crippen LogP contribution in [-0.2, 0) is 6.54 Å². The topological polar surface area (TPSA) is 29.5 Å². The highest BCUT2D eigenvalue weighted by Crippen LogP contribution is 2.40. The number of nitrogens with zero attached hydrogens (tertiary/aromatic N) is 1. The second-order valence-electron chi connectivity index (χ2n) is 6.19. The summed E-state index contributed by atoms with van der Waals surface area (Å²) in [5, 5.41) is 0. The van der Waals surface area contributed by atoms with Crippen molar-refractivity contribution in [3.63, 3.8) is 0 Å². The molecule has 4 rings (SSSR count). The van der Waals surface area contributed by atoms with E-state index in [1.54, 1.807) is 7.11 Å². The number of hydrogen-bond acceptors (Lipinski definition) is 2. The van der Waals surface area contributed by atoms with Gasteiger partial charge in [0.2, 0.25) is 0 Å². The van der Waals surface area contributed by atoms with Crippen molar-refractivity contribution in [3.8, 4) is 5.75 Å². The zero-order valence-electron chi connectivity index (χ0n) is 14.1. The quantitative estimate of drug-likeness (QED) is 0.708. The maximum Gasteiger partial charge on any atom is 0.255 e. The molecule has 1 amide bonds. The molecule has 3 nitrogen and oxygen atoms in total. The lowest BCUT2D eigenvalue weighted by molar-refractivity contribution is 0.0735. The van der Waals surface area contributed by atoms with Crippen LogP contribution in [0.25, 0.3) is 0 Å². The maximum absolute atomic E-state index is 13.0. The average molecular weight is 329 g/mol. The summed E-state index contributed by atoms with van der Waals surface area (Å²) < 4.78 is 5.38. The minimum absolute atomic E-state index is 0.0762. The molecule has 1 heterocycles. The fourth-order valence-corrected chi connectivity index (χ4v) is 3.48. The van der Waals surface area contributed by atoms with Gasteiger partial charge in [-0.2, -0.15) is 0 Å². The van der Waals surface area contributed by atoms with Crippen LogP contribution >= 0.6 is 0 Å². The number of ether oxygens (including phenoxy) is 1. The van der Waals surface area contributed by atoms with Crippen molar-refractivity contribution in [3.05, 3.63) is 101 Å². The number of methoxy groups -OCH3 is 1. The molecule has 1 atom stereocenters. The largest absolute Gasteiger partial charge is 0.497 e. The van der Waals surface area contributed by atoms with E-state index in [0.29, 0.717) is 6.54 Å². The van der Waals surface area contributed by atoms with E-state index in [-0.39, 0.29) is 11.9 Å². The first kappa shape index (κ1) is 15.5. The predicted molar refractivity (Wildman–Crippen MR) is 97.6 cm³/mol.